The van der Waals surface area contributed by atoms with Crippen LogP contribution in [0.25, 0.3) is 0 Å². The van der Waals surface area contributed by atoms with Gasteiger partial charge in [-0.15, -0.1) is 0 Å². The zero-order valence-corrected chi connectivity index (χ0v) is 15.4. The normalized spacial score (nSPS) is 19.4. The first kappa shape index (κ1) is 20.1. The van der Waals surface area contributed by atoms with Crippen LogP contribution in [0.1, 0.15) is 21.6 Å². The first-order valence-corrected chi connectivity index (χ1v) is 8.54. The van der Waals surface area contributed by atoms with Crippen LogP contribution in [0.4, 0.5) is 18.9 Å². The van der Waals surface area contributed by atoms with Gasteiger partial charge in [0.15, 0.2) is 5.54 Å². The Bertz CT molecular complexity index is 954. The Morgan fingerprint density at radius 1 is 1.39 bits per heavy atom. The van der Waals surface area contributed by atoms with Gasteiger partial charge in [-0.3, -0.25) is 9.79 Å². The summed E-state index contributed by atoms with van der Waals surface area (Å²) in [4.78, 5) is 20.2. The predicted octanol–water partition coefficient (Wildman–Crippen LogP) is 3.28. The van der Waals surface area contributed by atoms with Crippen LogP contribution in [0.3, 0.4) is 0 Å². The van der Waals surface area contributed by atoms with Crippen molar-refractivity contribution in [2.45, 2.75) is 18.9 Å². The largest absolute Gasteiger partial charge is 0.385 e. The van der Waals surface area contributed by atoms with Gasteiger partial charge in [0.05, 0.1) is 11.6 Å². The third-order valence-electron chi connectivity index (χ3n) is 4.23. The van der Waals surface area contributed by atoms with Crippen LogP contribution in [0, 0.1) is 12.7 Å². The van der Waals surface area contributed by atoms with Crippen LogP contribution in [-0.2, 0) is 10.3 Å². The zero-order chi connectivity index (χ0) is 20.5. The van der Waals surface area contributed by atoms with Crippen LogP contribution < -0.4 is 11.1 Å². The maximum Gasteiger partial charge on any atom is 0.274 e. The molecule has 1 aliphatic rings. The number of ether oxygens (including phenoxy) is 1. The highest BCUT2D eigenvalue weighted by molar-refractivity contribution is 6.30. The van der Waals surface area contributed by atoms with Crippen LogP contribution in [-0.4, -0.2) is 36.4 Å². The quantitative estimate of drug-likeness (QED) is 0.806. The van der Waals surface area contributed by atoms with Gasteiger partial charge >= 0.3 is 0 Å². The topological polar surface area (TPSA) is 89.6 Å². The van der Waals surface area contributed by atoms with Crippen LogP contribution in [0.2, 0.25) is 5.02 Å². The average molecular weight is 413 g/mol. The van der Waals surface area contributed by atoms with E-state index in [0.717, 1.165) is 12.1 Å². The number of amides is 1. The van der Waals surface area contributed by atoms with E-state index in [1.54, 1.807) is 13.0 Å². The van der Waals surface area contributed by atoms with E-state index >= 15 is 0 Å². The number of nitrogens with zero attached hydrogens (tertiary/aromatic N) is 2. The molecule has 1 aromatic carbocycles. The summed E-state index contributed by atoms with van der Waals surface area (Å²) in [6.07, 6.45) is -1.77. The molecule has 28 heavy (non-hydrogen) atoms. The molecule has 148 valence electrons. The summed E-state index contributed by atoms with van der Waals surface area (Å²) in [5.74, 6) is -1.68. The Hall–Kier alpha value is -2.65. The summed E-state index contributed by atoms with van der Waals surface area (Å²) in [6, 6.07) is 4.87. The molecule has 3 rings (SSSR count). The number of nitrogens with one attached hydrogen (secondary N) is 1. The average Bonchev–Trinajstić information content (AvgIpc) is 2.62. The van der Waals surface area contributed by atoms with Crippen molar-refractivity contribution >= 4 is 29.0 Å². The molecule has 0 saturated heterocycles. The number of hydrogen-bond donors (Lipinski definition) is 2. The minimum Gasteiger partial charge on any atom is -0.385 e. The number of carbonyl (C=O) groups is 1. The van der Waals surface area contributed by atoms with Gasteiger partial charge in [0.25, 0.3) is 12.3 Å². The summed E-state index contributed by atoms with van der Waals surface area (Å²) in [5, 5.41) is 2.88. The van der Waals surface area contributed by atoms with E-state index in [4.69, 9.17) is 22.1 Å². The lowest BCUT2D eigenvalue weighted by Crippen LogP contribution is -2.45. The van der Waals surface area contributed by atoms with Gasteiger partial charge in [0.1, 0.15) is 24.0 Å². The molecule has 0 bridgehead atoms. The maximum absolute atomic E-state index is 14.4. The third-order valence-corrected chi connectivity index (χ3v) is 4.43. The number of alkyl halides is 2. The molecule has 1 aromatic heterocycles. The summed E-state index contributed by atoms with van der Waals surface area (Å²) in [6.45, 7) is 0.984. The molecule has 3 N–H and O–H groups in total. The zero-order valence-electron chi connectivity index (χ0n) is 14.7. The molecule has 0 aliphatic carbocycles. The smallest absolute Gasteiger partial charge is 0.274 e. The van der Waals surface area contributed by atoms with Gasteiger partial charge in [-0.1, -0.05) is 11.6 Å². The Morgan fingerprint density at radius 3 is 2.79 bits per heavy atom. The first-order chi connectivity index (χ1) is 13.2. The van der Waals surface area contributed by atoms with Crippen molar-refractivity contribution in [1.29, 1.82) is 0 Å². The fraction of sp³-hybridized carbons (Fsp3) is 0.278. The number of aliphatic imine (C=N–C) groups is 1. The molecule has 1 amide bonds. The van der Waals surface area contributed by atoms with Crippen molar-refractivity contribution in [3.63, 3.8) is 0 Å². The Labute approximate surface area is 163 Å². The number of hydrogen-bond acceptors (Lipinski definition) is 5. The van der Waals surface area contributed by atoms with E-state index in [9.17, 15) is 18.0 Å². The van der Waals surface area contributed by atoms with Gasteiger partial charge in [-0.25, -0.2) is 18.2 Å². The molecular weight excluding hydrogens is 397 g/mol. The summed E-state index contributed by atoms with van der Waals surface area (Å²) in [5.41, 5.74) is 3.54. The second-order valence-corrected chi connectivity index (χ2v) is 6.73. The van der Waals surface area contributed by atoms with E-state index in [2.05, 4.69) is 15.3 Å². The van der Waals surface area contributed by atoms with Crippen LogP contribution >= 0.6 is 11.6 Å². The van der Waals surface area contributed by atoms with E-state index in [1.807, 2.05) is 0 Å². The molecule has 0 radical (unpaired) electrons. The highest BCUT2D eigenvalue weighted by Crippen LogP contribution is 2.38. The molecule has 0 unspecified atom stereocenters. The lowest BCUT2D eigenvalue weighted by molar-refractivity contribution is -0.0145. The van der Waals surface area contributed by atoms with Crippen molar-refractivity contribution in [2.75, 3.05) is 18.5 Å². The van der Waals surface area contributed by atoms with Crippen molar-refractivity contribution in [3.8, 4) is 0 Å². The van der Waals surface area contributed by atoms with E-state index in [0.29, 0.717) is 10.6 Å². The Morgan fingerprint density at radius 2 is 2.14 bits per heavy atom. The molecule has 6 nitrogen and oxygen atoms in total. The predicted molar refractivity (Wildman–Crippen MR) is 98.5 cm³/mol. The van der Waals surface area contributed by atoms with Crippen LogP contribution in [0.15, 0.2) is 35.5 Å². The lowest BCUT2D eigenvalue weighted by Gasteiger charge is -2.33. The van der Waals surface area contributed by atoms with E-state index in [1.165, 1.54) is 12.3 Å². The van der Waals surface area contributed by atoms with Crippen molar-refractivity contribution < 1.29 is 22.7 Å². The minimum atomic E-state index is -3.08. The first-order valence-electron chi connectivity index (χ1n) is 8.16. The number of amidine groups is 1. The van der Waals surface area contributed by atoms with E-state index in [-0.39, 0.29) is 23.8 Å². The molecule has 0 fully saturated rings. The lowest BCUT2D eigenvalue weighted by atomic mass is 9.90. The van der Waals surface area contributed by atoms with Gasteiger partial charge < -0.3 is 15.8 Å². The third kappa shape index (κ3) is 3.81. The molecular formula is C18H16ClF3N4O2. The number of nitrogens with two attached hydrogens (primary N) is 1. The number of aromatic nitrogens is 1. The number of halogens is 4. The number of anilines is 1. The monoisotopic (exact) mass is 412 g/mol. The van der Waals surface area contributed by atoms with Gasteiger partial charge in [0.2, 0.25) is 0 Å². The summed E-state index contributed by atoms with van der Waals surface area (Å²) in [7, 11) is 0. The Kier molecular flexibility index (Phi) is 5.57. The highest BCUT2D eigenvalue weighted by atomic mass is 35.5. The summed E-state index contributed by atoms with van der Waals surface area (Å²) >= 11 is 5.82. The van der Waals surface area contributed by atoms with Crippen molar-refractivity contribution in [1.82, 2.24) is 4.98 Å². The second kappa shape index (κ2) is 7.76. The molecule has 2 aromatic rings. The number of pyridine rings is 1. The van der Waals surface area contributed by atoms with Crippen molar-refractivity contribution in [3.05, 3.63) is 58.1 Å². The molecule has 2 heterocycles. The van der Waals surface area contributed by atoms with E-state index < -0.39 is 35.9 Å². The fourth-order valence-corrected chi connectivity index (χ4v) is 3.12. The van der Waals surface area contributed by atoms with Crippen molar-refractivity contribution in [2.24, 2.45) is 10.7 Å². The second-order valence-electron chi connectivity index (χ2n) is 6.29. The number of aryl methyl sites for hydroxylation is 1. The van der Waals surface area contributed by atoms with Gasteiger partial charge in [-0.05, 0) is 36.8 Å². The minimum absolute atomic E-state index is 0.0944. The van der Waals surface area contributed by atoms with Gasteiger partial charge in [-0.2, -0.15) is 0 Å². The Balaban J connectivity index is 1.97. The van der Waals surface area contributed by atoms with Crippen LogP contribution in [0.5, 0.6) is 0 Å². The maximum atomic E-state index is 14.4. The fourth-order valence-electron chi connectivity index (χ4n) is 2.90. The number of rotatable bonds is 4. The highest BCUT2D eigenvalue weighted by Gasteiger charge is 2.46. The summed E-state index contributed by atoms with van der Waals surface area (Å²) < 4.78 is 47.2. The molecule has 0 saturated carbocycles. The molecule has 1 aliphatic heterocycles. The SMILES string of the molecule is Cc1cc(Cl)cnc1C(=O)Nc1ccc(F)c([C@]2(C(F)F)COCC(N)=N2)c1. The molecule has 0 spiro atoms. The standard InChI is InChI=1S/C18H16ClF3N4O2/c1-9-4-10(19)6-24-15(9)16(27)25-11-2-3-13(20)12(5-11)18(17(21)22)8-28-7-14(23)26-18/h2-6,17H,7-8H2,1H3,(H2,23,26)(H,25,27)/t18-/m0/s1. The number of benzene rings is 1. The van der Waals surface area contributed by atoms with Gasteiger partial charge in [0, 0.05) is 17.4 Å². The number of carbonyl (C=O) groups excluding carboxylic acids is 1. The molecule has 10 heteroatoms. The molecule has 1 atom stereocenters.